The molecule has 0 radical (unpaired) electrons. The molecule has 2 rings (SSSR count). The number of hydrogen-bond donors (Lipinski definition) is 1. The van der Waals surface area contributed by atoms with Gasteiger partial charge in [0.25, 0.3) is 0 Å². The van der Waals surface area contributed by atoms with Crippen molar-refractivity contribution < 1.29 is 27.5 Å². The zero-order chi connectivity index (χ0) is 14.2. The molecule has 1 aromatic heterocycles. The number of carbonyl (C=O) groups is 1. The summed E-state index contributed by atoms with van der Waals surface area (Å²) in [5.74, 6) is -1.62. The van der Waals surface area contributed by atoms with Crippen LogP contribution in [-0.4, -0.2) is 16.1 Å². The van der Waals surface area contributed by atoms with E-state index in [1.54, 1.807) is 0 Å². The normalized spacial score (nSPS) is 11.6. The highest BCUT2D eigenvalue weighted by Crippen LogP contribution is 2.31. The van der Waals surface area contributed by atoms with Crippen LogP contribution in [0.25, 0.3) is 11.5 Å². The molecule has 0 bridgehead atoms. The van der Waals surface area contributed by atoms with E-state index in [0.29, 0.717) is 0 Å². The Morgan fingerprint density at radius 2 is 1.84 bits per heavy atom. The molecule has 0 fully saturated rings. The van der Waals surface area contributed by atoms with E-state index in [2.05, 4.69) is 4.98 Å². The van der Waals surface area contributed by atoms with Crippen molar-refractivity contribution in [2.75, 3.05) is 0 Å². The third kappa shape index (κ3) is 2.59. The number of aromatic carboxylic acids is 1. The summed E-state index contributed by atoms with van der Waals surface area (Å²) in [6.45, 7) is 1.44. The van der Waals surface area contributed by atoms with Gasteiger partial charge in [-0.3, -0.25) is 0 Å². The SMILES string of the molecule is Cc1nc(-c2ccc(C(F)(F)F)cc2)oc1C(=O)O. The Hall–Kier alpha value is -2.31. The maximum atomic E-state index is 12.4. The molecular formula is C12H8F3NO3. The Balaban J connectivity index is 2.38. The van der Waals surface area contributed by atoms with Gasteiger partial charge >= 0.3 is 12.1 Å². The Morgan fingerprint density at radius 1 is 1.26 bits per heavy atom. The summed E-state index contributed by atoms with van der Waals surface area (Å²) in [7, 11) is 0. The van der Waals surface area contributed by atoms with E-state index in [0.717, 1.165) is 12.1 Å². The second-order valence-electron chi connectivity index (χ2n) is 3.81. The molecule has 7 heteroatoms. The van der Waals surface area contributed by atoms with E-state index in [9.17, 15) is 18.0 Å². The van der Waals surface area contributed by atoms with E-state index >= 15 is 0 Å². The summed E-state index contributed by atoms with van der Waals surface area (Å²) in [6.07, 6.45) is -4.42. The second kappa shape index (κ2) is 4.42. The molecule has 0 spiro atoms. The minimum absolute atomic E-state index is 0.0244. The smallest absolute Gasteiger partial charge is 0.416 e. The van der Waals surface area contributed by atoms with Crippen molar-refractivity contribution in [3.8, 4) is 11.5 Å². The molecule has 2 aromatic rings. The van der Waals surface area contributed by atoms with Crippen molar-refractivity contribution in [3.05, 3.63) is 41.3 Å². The molecule has 100 valence electrons. The first-order chi connectivity index (χ1) is 8.79. The first kappa shape index (κ1) is 13.1. The van der Waals surface area contributed by atoms with Gasteiger partial charge in [0.1, 0.15) is 0 Å². The summed E-state index contributed by atoms with van der Waals surface area (Å²) in [4.78, 5) is 14.6. The van der Waals surface area contributed by atoms with Gasteiger partial charge in [-0.25, -0.2) is 9.78 Å². The van der Waals surface area contributed by atoms with E-state index in [4.69, 9.17) is 9.52 Å². The topological polar surface area (TPSA) is 63.3 Å². The molecule has 0 saturated heterocycles. The van der Waals surface area contributed by atoms with Crippen LogP contribution in [-0.2, 0) is 6.18 Å². The number of benzene rings is 1. The average molecular weight is 271 g/mol. The third-order valence-corrected chi connectivity index (χ3v) is 2.45. The van der Waals surface area contributed by atoms with Crippen LogP contribution in [0.3, 0.4) is 0 Å². The Morgan fingerprint density at radius 3 is 2.26 bits per heavy atom. The zero-order valence-electron chi connectivity index (χ0n) is 9.65. The molecule has 1 heterocycles. The fraction of sp³-hybridized carbons (Fsp3) is 0.167. The predicted molar refractivity (Wildman–Crippen MR) is 58.6 cm³/mol. The quantitative estimate of drug-likeness (QED) is 0.909. The lowest BCUT2D eigenvalue weighted by Crippen LogP contribution is -2.03. The Kier molecular flexibility index (Phi) is 3.05. The third-order valence-electron chi connectivity index (χ3n) is 2.45. The van der Waals surface area contributed by atoms with Crippen molar-refractivity contribution >= 4 is 5.97 Å². The molecular weight excluding hydrogens is 263 g/mol. The first-order valence-electron chi connectivity index (χ1n) is 5.17. The zero-order valence-corrected chi connectivity index (χ0v) is 9.65. The van der Waals surface area contributed by atoms with Gasteiger partial charge < -0.3 is 9.52 Å². The molecule has 0 unspecified atom stereocenters. The van der Waals surface area contributed by atoms with E-state index in [1.807, 2.05) is 0 Å². The van der Waals surface area contributed by atoms with Crippen molar-refractivity contribution in [2.45, 2.75) is 13.1 Å². The molecule has 0 aliphatic carbocycles. The van der Waals surface area contributed by atoms with Gasteiger partial charge in [0.2, 0.25) is 11.7 Å². The fourth-order valence-corrected chi connectivity index (χ4v) is 1.52. The summed E-state index contributed by atoms with van der Waals surface area (Å²) >= 11 is 0. The number of aryl methyl sites for hydroxylation is 1. The minimum Gasteiger partial charge on any atom is -0.475 e. The van der Waals surface area contributed by atoms with Gasteiger partial charge in [0.05, 0.1) is 11.3 Å². The number of aromatic nitrogens is 1. The maximum Gasteiger partial charge on any atom is 0.416 e. The fourth-order valence-electron chi connectivity index (χ4n) is 1.52. The molecule has 1 aromatic carbocycles. The largest absolute Gasteiger partial charge is 0.475 e. The minimum atomic E-state index is -4.42. The van der Waals surface area contributed by atoms with Crippen LogP contribution in [0.4, 0.5) is 13.2 Å². The van der Waals surface area contributed by atoms with Crippen molar-refractivity contribution in [2.24, 2.45) is 0 Å². The highest BCUT2D eigenvalue weighted by atomic mass is 19.4. The van der Waals surface area contributed by atoms with E-state index in [1.165, 1.54) is 19.1 Å². The maximum absolute atomic E-state index is 12.4. The number of carboxylic acids is 1. The molecule has 0 aliphatic rings. The second-order valence-corrected chi connectivity index (χ2v) is 3.81. The lowest BCUT2D eigenvalue weighted by Gasteiger charge is -2.05. The van der Waals surface area contributed by atoms with Gasteiger partial charge in [-0.05, 0) is 31.2 Å². The Labute approximate surface area is 105 Å². The number of oxazole rings is 1. The number of alkyl halides is 3. The molecule has 0 amide bonds. The van der Waals surface area contributed by atoms with Crippen molar-refractivity contribution in [3.63, 3.8) is 0 Å². The number of hydrogen-bond acceptors (Lipinski definition) is 3. The first-order valence-corrected chi connectivity index (χ1v) is 5.17. The van der Waals surface area contributed by atoms with Gasteiger partial charge in [-0.1, -0.05) is 0 Å². The molecule has 0 saturated carbocycles. The lowest BCUT2D eigenvalue weighted by atomic mass is 10.1. The Bertz CT molecular complexity index is 614. The molecule has 4 nitrogen and oxygen atoms in total. The number of carboxylic acid groups (broad SMARTS) is 1. The highest BCUT2D eigenvalue weighted by molar-refractivity contribution is 5.86. The van der Waals surface area contributed by atoms with Gasteiger partial charge in [-0.2, -0.15) is 13.2 Å². The number of nitrogens with zero attached hydrogens (tertiary/aromatic N) is 1. The summed E-state index contributed by atoms with van der Waals surface area (Å²) in [6, 6.07) is 4.13. The van der Waals surface area contributed by atoms with Crippen LogP contribution < -0.4 is 0 Å². The average Bonchev–Trinajstić information content (AvgIpc) is 2.70. The van der Waals surface area contributed by atoms with Crippen molar-refractivity contribution in [1.82, 2.24) is 4.98 Å². The standard InChI is InChI=1S/C12H8F3NO3/c1-6-9(11(17)18)19-10(16-6)7-2-4-8(5-3-7)12(13,14)15/h2-5H,1H3,(H,17,18). The van der Waals surface area contributed by atoms with E-state index < -0.39 is 17.7 Å². The summed E-state index contributed by atoms with van der Waals surface area (Å²) < 4.78 is 42.1. The monoisotopic (exact) mass is 271 g/mol. The van der Waals surface area contributed by atoms with Crippen LogP contribution in [0.15, 0.2) is 28.7 Å². The van der Waals surface area contributed by atoms with Gasteiger partial charge in [0, 0.05) is 5.56 Å². The van der Waals surface area contributed by atoms with Gasteiger partial charge in [0.15, 0.2) is 0 Å². The molecule has 0 atom stereocenters. The van der Waals surface area contributed by atoms with Crippen LogP contribution in [0.1, 0.15) is 21.8 Å². The van der Waals surface area contributed by atoms with Crippen molar-refractivity contribution in [1.29, 1.82) is 0 Å². The van der Waals surface area contributed by atoms with Gasteiger partial charge in [-0.15, -0.1) is 0 Å². The molecule has 0 aliphatic heterocycles. The van der Waals surface area contributed by atoms with Crippen LogP contribution in [0.2, 0.25) is 0 Å². The molecule has 19 heavy (non-hydrogen) atoms. The summed E-state index contributed by atoms with van der Waals surface area (Å²) in [5.41, 5.74) is -0.344. The number of halogens is 3. The summed E-state index contributed by atoms with van der Waals surface area (Å²) in [5, 5.41) is 8.79. The number of rotatable bonds is 2. The highest BCUT2D eigenvalue weighted by Gasteiger charge is 2.30. The van der Waals surface area contributed by atoms with Crippen LogP contribution >= 0.6 is 0 Å². The lowest BCUT2D eigenvalue weighted by molar-refractivity contribution is -0.137. The van der Waals surface area contributed by atoms with E-state index in [-0.39, 0.29) is 22.9 Å². The molecule has 1 N–H and O–H groups in total. The predicted octanol–water partition coefficient (Wildman–Crippen LogP) is 3.37. The van der Waals surface area contributed by atoms with Crippen LogP contribution in [0.5, 0.6) is 0 Å². The van der Waals surface area contributed by atoms with Crippen LogP contribution in [0, 0.1) is 6.92 Å².